The zero-order valence-electron chi connectivity index (χ0n) is 13.2. The first kappa shape index (κ1) is 16.3. The number of ether oxygens (including phenoxy) is 2. The number of anilines is 1. The number of hydrogen-bond acceptors (Lipinski definition) is 4. The van der Waals surface area contributed by atoms with E-state index in [1.165, 1.54) is 7.11 Å². The first-order valence-electron chi connectivity index (χ1n) is 7.39. The monoisotopic (exact) mass is 306 g/mol. The first-order chi connectivity index (χ1) is 10.5. The molecule has 6 nitrogen and oxygen atoms in total. The maximum absolute atomic E-state index is 12.5. The molecule has 1 heterocycles. The number of amides is 2. The third-order valence-electron chi connectivity index (χ3n) is 3.53. The van der Waals surface area contributed by atoms with E-state index in [4.69, 9.17) is 9.47 Å². The average molecular weight is 306 g/mol. The van der Waals surface area contributed by atoms with Crippen LogP contribution in [0.2, 0.25) is 0 Å². The Morgan fingerprint density at radius 2 is 1.95 bits per heavy atom. The van der Waals surface area contributed by atoms with Crippen LogP contribution in [0.25, 0.3) is 0 Å². The normalized spacial score (nSPS) is 14.8. The number of methoxy groups -OCH3 is 1. The summed E-state index contributed by atoms with van der Waals surface area (Å²) in [5, 5.41) is 2.80. The molecule has 6 heteroatoms. The second-order valence-corrected chi connectivity index (χ2v) is 5.46. The highest BCUT2D eigenvalue weighted by molar-refractivity contribution is 5.98. The molecule has 0 unspecified atom stereocenters. The van der Waals surface area contributed by atoms with Crippen LogP contribution in [0.4, 0.5) is 5.69 Å². The molecule has 1 N–H and O–H groups in total. The van der Waals surface area contributed by atoms with Crippen LogP contribution in [0, 0.1) is 5.92 Å². The van der Waals surface area contributed by atoms with E-state index in [0.717, 1.165) is 0 Å². The third kappa shape index (κ3) is 3.76. The molecule has 0 bridgehead atoms. The Balaban J connectivity index is 2.22. The van der Waals surface area contributed by atoms with Crippen molar-refractivity contribution >= 4 is 17.5 Å². The van der Waals surface area contributed by atoms with E-state index in [0.29, 0.717) is 43.3 Å². The van der Waals surface area contributed by atoms with Gasteiger partial charge in [0, 0.05) is 24.6 Å². The zero-order valence-corrected chi connectivity index (χ0v) is 13.2. The fraction of sp³-hybridized carbons (Fsp3) is 0.500. The van der Waals surface area contributed by atoms with Gasteiger partial charge in [-0.3, -0.25) is 9.59 Å². The van der Waals surface area contributed by atoms with Crippen molar-refractivity contribution < 1.29 is 19.1 Å². The molecule has 2 amide bonds. The Hall–Kier alpha value is -2.08. The topological polar surface area (TPSA) is 67.9 Å². The molecule has 1 aromatic rings. The maximum atomic E-state index is 12.5. The summed E-state index contributed by atoms with van der Waals surface area (Å²) in [5.74, 6) is 0.205. The van der Waals surface area contributed by atoms with Gasteiger partial charge in [-0.25, -0.2) is 0 Å². The van der Waals surface area contributed by atoms with Crippen LogP contribution in [0.3, 0.4) is 0 Å². The van der Waals surface area contributed by atoms with Crippen molar-refractivity contribution in [1.29, 1.82) is 0 Å². The summed E-state index contributed by atoms with van der Waals surface area (Å²) in [6.45, 7) is 5.89. The van der Waals surface area contributed by atoms with Crippen LogP contribution < -0.4 is 10.1 Å². The SMILES string of the molecule is COc1ccc(C(=O)N2CCOCC2)cc1NC(=O)C(C)C. The highest BCUT2D eigenvalue weighted by Crippen LogP contribution is 2.26. The van der Waals surface area contributed by atoms with Crippen LogP contribution in [0.1, 0.15) is 24.2 Å². The third-order valence-corrected chi connectivity index (χ3v) is 3.53. The molecule has 22 heavy (non-hydrogen) atoms. The summed E-state index contributed by atoms with van der Waals surface area (Å²) in [6.07, 6.45) is 0. The molecule has 1 saturated heterocycles. The highest BCUT2D eigenvalue weighted by atomic mass is 16.5. The van der Waals surface area contributed by atoms with Gasteiger partial charge in [0.2, 0.25) is 5.91 Å². The number of morpholine rings is 1. The summed E-state index contributed by atoms with van der Waals surface area (Å²) in [6, 6.07) is 5.07. The van der Waals surface area contributed by atoms with E-state index < -0.39 is 0 Å². The average Bonchev–Trinajstić information content (AvgIpc) is 2.54. The number of nitrogens with zero attached hydrogens (tertiary/aromatic N) is 1. The summed E-state index contributed by atoms with van der Waals surface area (Å²) in [4.78, 5) is 26.1. The Morgan fingerprint density at radius 1 is 1.27 bits per heavy atom. The number of carbonyl (C=O) groups excluding carboxylic acids is 2. The lowest BCUT2D eigenvalue weighted by atomic mass is 10.1. The second-order valence-electron chi connectivity index (χ2n) is 5.46. The number of rotatable bonds is 4. The fourth-order valence-electron chi connectivity index (χ4n) is 2.16. The van der Waals surface area contributed by atoms with Gasteiger partial charge in [-0.1, -0.05) is 13.8 Å². The minimum absolute atomic E-state index is 0.0639. The quantitative estimate of drug-likeness (QED) is 0.920. The van der Waals surface area contributed by atoms with Gasteiger partial charge in [-0.2, -0.15) is 0 Å². The summed E-state index contributed by atoms with van der Waals surface area (Å²) in [7, 11) is 1.53. The van der Waals surface area contributed by atoms with Crippen molar-refractivity contribution in [2.45, 2.75) is 13.8 Å². The van der Waals surface area contributed by atoms with E-state index in [9.17, 15) is 9.59 Å². The van der Waals surface area contributed by atoms with Crippen LogP contribution in [0.5, 0.6) is 5.75 Å². The Labute approximate surface area is 130 Å². The molecular formula is C16H22N2O4. The molecule has 1 fully saturated rings. The smallest absolute Gasteiger partial charge is 0.254 e. The van der Waals surface area contributed by atoms with Crippen molar-refractivity contribution in [3.63, 3.8) is 0 Å². The number of hydrogen-bond donors (Lipinski definition) is 1. The fourth-order valence-corrected chi connectivity index (χ4v) is 2.16. The Kier molecular flexibility index (Phi) is 5.38. The maximum Gasteiger partial charge on any atom is 0.254 e. The van der Waals surface area contributed by atoms with E-state index in [1.54, 1.807) is 23.1 Å². The largest absolute Gasteiger partial charge is 0.495 e. The molecule has 0 atom stereocenters. The van der Waals surface area contributed by atoms with Crippen molar-refractivity contribution in [3.8, 4) is 5.75 Å². The number of benzene rings is 1. The van der Waals surface area contributed by atoms with Gasteiger partial charge in [-0.05, 0) is 18.2 Å². The zero-order chi connectivity index (χ0) is 16.1. The molecule has 120 valence electrons. The van der Waals surface area contributed by atoms with Gasteiger partial charge < -0.3 is 19.7 Å². The predicted octanol–water partition coefficient (Wildman–Crippen LogP) is 1.76. The van der Waals surface area contributed by atoms with Crippen molar-refractivity contribution in [2.75, 3.05) is 38.7 Å². The van der Waals surface area contributed by atoms with Crippen molar-refractivity contribution in [3.05, 3.63) is 23.8 Å². The summed E-state index contributed by atoms with van der Waals surface area (Å²) >= 11 is 0. The lowest BCUT2D eigenvalue weighted by Gasteiger charge is -2.27. The van der Waals surface area contributed by atoms with Gasteiger partial charge in [0.15, 0.2) is 0 Å². The van der Waals surface area contributed by atoms with Gasteiger partial charge in [-0.15, -0.1) is 0 Å². The molecule has 1 aliphatic heterocycles. The molecule has 2 rings (SSSR count). The number of nitrogens with one attached hydrogen (secondary N) is 1. The highest BCUT2D eigenvalue weighted by Gasteiger charge is 2.20. The lowest BCUT2D eigenvalue weighted by molar-refractivity contribution is -0.118. The minimum atomic E-state index is -0.150. The van der Waals surface area contributed by atoms with E-state index in [2.05, 4.69) is 5.32 Å². The molecular weight excluding hydrogens is 284 g/mol. The van der Waals surface area contributed by atoms with Gasteiger partial charge >= 0.3 is 0 Å². The van der Waals surface area contributed by atoms with Crippen LogP contribution in [0.15, 0.2) is 18.2 Å². The first-order valence-corrected chi connectivity index (χ1v) is 7.39. The summed E-state index contributed by atoms with van der Waals surface area (Å²) < 4.78 is 10.5. The van der Waals surface area contributed by atoms with Gasteiger partial charge in [0.1, 0.15) is 5.75 Å². The van der Waals surface area contributed by atoms with Crippen LogP contribution in [-0.4, -0.2) is 50.1 Å². The molecule has 0 radical (unpaired) electrons. The Bertz CT molecular complexity index is 551. The second kappa shape index (κ2) is 7.26. The molecule has 1 aliphatic rings. The molecule has 0 saturated carbocycles. The Morgan fingerprint density at radius 3 is 2.55 bits per heavy atom. The molecule has 0 aliphatic carbocycles. The summed E-state index contributed by atoms with van der Waals surface area (Å²) in [5.41, 5.74) is 1.04. The van der Waals surface area contributed by atoms with E-state index in [1.807, 2.05) is 13.8 Å². The van der Waals surface area contributed by atoms with E-state index >= 15 is 0 Å². The van der Waals surface area contributed by atoms with Crippen LogP contribution >= 0.6 is 0 Å². The molecule has 1 aromatic carbocycles. The number of carbonyl (C=O) groups is 2. The van der Waals surface area contributed by atoms with Crippen molar-refractivity contribution in [1.82, 2.24) is 4.90 Å². The van der Waals surface area contributed by atoms with Crippen molar-refractivity contribution in [2.24, 2.45) is 5.92 Å². The molecule has 0 aromatic heterocycles. The minimum Gasteiger partial charge on any atom is -0.495 e. The molecule has 0 spiro atoms. The van der Waals surface area contributed by atoms with Crippen LogP contribution in [-0.2, 0) is 9.53 Å². The standard InChI is InChI=1S/C16H22N2O4/c1-11(2)15(19)17-13-10-12(4-5-14(13)21-3)16(20)18-6-8-22-9-7-18/h4-5,10-11H,6-9H2,1-3H3,(H,17,19). The van der Waals surface area contributed by atoms with Gasteiger partial charge in [0.25, 0.3) is 5.91 Å². The van der Waals surface area contributed by atoms with Gasteiger partial charge in [0.05, 0.1) is 26.0 Å². The lowest BCUT2D eigenvalue weighted by Crippen LogP contribution is -2.40. The predicted molar refractivity (Wildman–Crippen MR) is 83.2 cm³/mol. The van der Waals surface area contributed by atoms with E-state index in [-0.39, 0.29) is 17.7 Å².